The molecule has 2 aromatic heterocycles. The minimum atomic E-state index is 0.373. The van der Waals surface area contributed by atoms with Crippen LogP contribution in [0.25, 0.3) is 10.6 Å². The molecule has 18 heavy (non-hydrogen) atoms. The van der Waals surface area contributed by atoms with Crippen molar-refractivity contribution in [1.29, 1.82) is 0 Å². The van der Waals surface area contributed by atoms with Gasteiger partial charge in [0.1, 0.15) is 5.01 Å². The second-order valence-electron chi connectivity index (χ2n) is 4.38. The fourth-order valence-electron chi connectivity index (χ4n) is 1.88. The molecule has 2 heterocycles. The van der Waals surface area contributed by atoms with Gasteiger partial charge < -0.3 is 5.32 Å². The van der Waals surface area contributed by atoms with Gasteiger partial charge in [-0.2, -0.15) is 0 Å². The van der Waals surface area contributed by atoms with E-state index in [2.05, 4.69) is 36.1 Å². The smallest absolute Gasteiger partial charge is 0.124 e. The minimum Gasteiger partial charge on any atom is -0.309 e. The van der Waals surface area contributed by atoms with Gasteiger partial charge in [-0.25, -0.2) is 4.98 Å². The molecule has 0 bridgehead atoms. The third-order valence-electron chi connectivity index (χ3n) is 2.85. The number of rotatable bonds is 5. The first-order valence-electron chi connectivity index (χ1n) is 6.33. The van der Waals surface area contributed by atoms with Crippen LogP contribution in [-0.4, -0.2) is 16.5 Å². The second-order valence-corrected chi connectivity index (χ2v) is 5.41. The maximum Gasteiger partial charge on any atom is 0.124 e. The van der Waals surface area contributed by atoms with Crippen LogP contribution in [0.1, 0.15) is 36.9 Å². The summed E-state index contributed by atoms with van der Waals surface area (Å²) < 4.78 is 0. The predicted octanol–water partition coefficient (Wildman–Crippen LogP) is 3.57. The minimum absolute atomic E-state index is 0.373. The van der Waals surface area contributed by atoms with Crippen LogP contribution in [0.4, 0.5) is 0 Å². The molecule has 4 heteroatoms. The summed E-state index contributed by atoms with van der Waals surface area (Å²) in [5, 5.41) is 4.59. The third kappa shape index (κ3) is 2.94. The van der Waals surface area contributed by atoms with Crippen molar-refractivity contribution in [2.75, 3.05) is 6.54 Å². The molecule has 96 valence electrons. The van der Waals surface area contributed by atoms with Gasteiger partial charge in [-0.15, -0.1) is 11.3 Å². The quantitative estimate of drug-likeness (QED) is 0.894. The summed E-state index contributed by atoms with van der Waals surface area (Å²) >= 11 is 1.77. The highest BCUT2D eigenvalue weighted by Gasteiger charge is 2.14. The molecule has 1 unspecified atom stereocenters. The lowest BCUT2D eigenvalue weighted by Crippen LogP contribution is -2.18. The highest BCUT2D eigenvalue weighted by atomic mass is 32.1. The summed E-state index contributed by atoms with van der Waals surface area (Å²) in [6.07, 6.45) is 4.77. The standard InChI is InChI=1S/C14H19N3S/c1-4-7-16-10(2)13-11(3)17-14(18-13)12-5-8-15-9-6-12/h5-6,8-10,16H,4,7H2,1-3H3. The molecule has 0 aromatic carbocycles. The average Bonchev–Trinajstić information content (AvgIpc) is 2.79. The Morgan fingerprint density at radius 1 is 1.33 bits per heavy atom. The number of nitrogens with one attached hydrogen (secondary N) is 1. The molecule has 2 aromatic rings. The van der Waals surface area contributed by atoms with E-state index in [0.717, 1.165) is 29.2 Å². The molecule has 0 aliphatic rings. The molecule has 0 amide bonds. The van der Waals surface area contributed by atoms with E-state index in [1.807, 2.05) is 24.5 Å². The van der Waals surface area contributed by atoms with Gasteiger partial charge in [0.2, 0.25) is 0 Å². The highest BCUT2D eigenvalue weighted by Crippen LogP contribution is 2.31. The Morgan fingerprint density at radius 2 is 2.06 bits per heavy atom. The molecule has 0 fully saturated rings. The van der Waals surface area contributed by atoms with Crippen LogP contribution in [0.15, 0.2) is 24.5 Å². The van der Waals surface area contributed by atoms with Crippen LogP contribution in [0, 0.1) is 6.92 Å². The SMILES string of the molecule is CCCNC(C)c1sc(-c2ccncc2)nc1C. The number of pyridine rings is 1. The Morgan fingerprint density at radius 3 is 2.72 bits per heavy atom. The number of thiazole rings is 1. The number of nitrogens with zero attached hydrogens (tertiary/aromatic N) is 2. The summed E-state index contributed by atoms with van der Waals surface area (Å²) in [5.41, 5.74) is 2.27. The van der Waals surface area contributed by atoms with E-state index >= 15 is 0 Å². The molecule has 2 rings (SSSR count). The number of hydrogen-bond acceptors (Lipinski definition) is 4. The van der Waals surface area contributed by atoms with Crippen LogP contribution >= 0.6 is 11.3 Å². The molecular formula is C14H19N3S. The largest absolute Gasteiger partial charge is 0.309 e. The van der Waals surface area contributed by atoms with E-state index in [-0.39, 0.29) is 0 Å². The molecule has 3 nitrogen and oxygen atoms in total. The Kier molecular flexibility index (Phi) is 4.44. The maximum absolute atomic E-state index is 4.66. The van der Waals surface area contributed by atoms with Crippen molar-refractivity contribution in [2.45, 2.75) is 33.2 Å². The van der Waals surface area contributed by atoms with E-state index in [4.69, 9.17) is 0 Å². The zero-order valence-corrected chi connectivity index (χ0v) is 11.9. The van der Waals surface area contributed by atoms with Crippen molar-refractivity contribution < 1.29 is 0 Å². The molecule has 0 radical (unpaired) electrons. The van der Waals surface area contributed by atoms with Crippen molar-refractivity contribution in [3.8, 4) is 10.6 Å². The van der Waals surface area contributed by atoms with Crippen LogP contribution in [-0.2, 0) is 0 Å². The second kappa shape index (κ2) is 6.07. The summed E-state index contributed by atoms with van der Waals surface area (Å²) in [7, 11) is 0. The monoisotopic (exact) mass is 261 g/mol. The molecule has 0 saturated heterocycles. The Hall–Kier alpha value is -1.26. The first-order chi connectivity index (χ1) is 8.72. The number of aromatic nitrogens is 2. The van der Waals surface area contributed by atoms with Gasteiger partial charge in [0.25, 0.3) is 0 Å². The van der Waals surface area contributed by atoms with E-state index in [1.54, 1.807) is 11.3 Å². The number of aryl methyl sites for hydroxylation is 1. The topological polar surface area (TPSA) is 37.8 Å². The van der Waals surface area contributed by atoms with Gasteiger partial charge in [0, 0.05) is 28.9 Å². The summed E-state index contributed by atoms with van der Waals surface area (Å²) in [5.74, 6) is 0. The zero-order valence-electron chi connectivity index (χ0n) is 11.1. The van der Waals surface area contributed by atoms with Crippen molar-refractivity contribution in [1.82, 2.24) is 15.3 Å². The third-order valence-corrected chi connectivity index (χ3v) is 4.24. The first-order valence-corrected chi connectivity index (χ1v) is 7.15. The van der Waals surface area contributed by atoms with E-state index in [1.165, 1.54) is 4.88 Å². The molecule has 0 aliphatic carbocycles. The fraction of sp³-hybridized carbons (Fsp3) is 0.429. The predicted molar refractivity (Wildman–Crippen MR) is 76.8 cm³/mol. The van der Waals surface area contributed by atoms with Crippen molar-refractivity contribution in [3.63, 3.8) is 0 Å². The number of hydrogen-bond donors (Lipinski definition) is 1. The highest BCUT2D eigenvalue weighted by molar-refractivity contribution is 7.15. The summed E-state index contributed by atoms with van der Waals surface area (Å²) in [6.45, 7) is 7.51. The normalized spacial score (nSPS) is 12.6. The van der Waals surface area contributed by atoms with Crippen molar-refractivity contribution in [2.24, 2.45) is 0 Å². The van der Waals surface area contributed by atoms with E-state index in [9.17, 15) is 0 Å². The van der Waals surface area contributed by atoms with Crippen LogP contribution in [0.5, 0.6) is 0 Å². The van der Waals surface area contributed by atoms with Gasteiger partial charge in [-0.05, 0) is 38.9 Å². The van der Waals surface area contributed by atoms with Crippen molar-refractivity contribution >= 4 is 11.3 Å². The lowest BCUT2D eigenvalue weighted by molar-refractivity contribution is 0.575. The van der Waals surface area contributed by atoms with Crippen LogP contribution in [0.2, 0.25) is 0 Å². The molecule has 0 saturated carbocycles. The van der Waals surface area contributed by atoms with Gasteiger partial charge >= 0.3 is 0 Å². The molecular weight excluding hydrogens is 242 g/mol. The van der Waals surface area contributed by atoms with Gasteiger partial charge in [-0.3, -0.25) is 4.98 Å². The van der Waals surface area contributed by atoms with Crippen molar-refractivity contribution in [3.05, 3.63) is 35.1 Å². The van der Waals surface area contributed by atoms with Gasteiger partial charge in [0.05, 0.1) is 5.69 Å². The zero-order chi connectivity index (χ0) is 13.0. The summed E-state index contributed by atoms with van der Waals surface area (Å²) in [4.78, 5) is 10.0. The Labute approximate surface area is 112 Å². The Bertz CT molecular complexity index is 493. The lowest BCUT2D eigenvalue weighted by Gasteiger charge is -2.11. The van der Waals surface area contributed by atoms with Crippen LogP contribution < -0.4 is 5.32 Å². The molecule has 0 aliphatic heterocycles. The van der Waals surface area contributed by atoms with E-state index in [0.29, 0.717) is 6.04 Å². The van der Waals surface area contributed by atoms with Crippen LogP contribution in [0.3, 0.4) is 0 Å². The maximum atomic E-state index is 4.66. The first kappa shape index (κ1) is 13.2. The molecule has 1 N–H and O–H groups in total. The Balaban J connectivity index is 2.22. The van der Waals surface area contributed by atoms with E-state index < -0.39 is 0 Å². The summed E-state index contributed by atoms with van der Waals surface area (Å²) in [6, 6.07) is 4.39. The molecule has 0 spiro atoms. The lowest BCUT2D eigenvalue weighted by atomic mass is 10.2. The fourth-order valence-corrected chi connectivity index (χ4v) is 2.98. The molecule has 1 atom stereocenters. The van der Waals surface area contributed by atoms with Gasteiger partial charge in [0.15, 0.2) is 0 Å². The van der Waals surface area contributed by atoms with Gasteiger partial charge in [-0.1, -0.05) is 6.92 Å². The average molecular weight is 261 g/mol.